The van der Waals surface area contributed by atoms with Crippen LogP contribution in [0.2, 0.25) is 10.0 Å². The zero-order valence-electron chi connectivity index (χ0n) is 19.8. The fourth-order valence-electron chi connectivity index (χ4n) is 3.97. The predicted molar refractivity (Wildman–Crippen MR) is 145 cm³/mol. The third-order valence-corrected chi connectivity index (χ3v) is 6.91. The Kier molecular flexibility index (Phi) is 9.53. The van der Waals surface area contributed by atoms with Crippen LogP contribution in [0.3, 0.4) is 0 Å². The number of benzene rings is 3. The zero-order valence-corrected chi connectivity index (χ0v) is 21.3. The zero-order chi connectivity index (χ0) is 25.4. The van der Waals surface area contributed by atoms with Crippen LogP contribution in [-0.2, 0) is 16.0 Å². The van der Waals surface area contributed by atoms with Crippen molar-refractivity contribution < 1.29 is 14.7 Å². The van der Waals surface area contributed by atoms with E-state index in [1.165, 1.54) is 16.8 Å². The van der Waals surface area contributed by atoms with Crippen molar-refractivity contribution >= 4 is 51.9 Å². The minimum absolute atomic E-state index is 0.0159. The van der Waals surface area contributed by atoms with Gasteiger partial charge in [0.05, 0.1) is 10.0 Å². The second kappa shape index (κ2) is 12.6. The molecule has 3 rings (SSSR count). The van der Waals surface area contributed by atoms with Crippen LogP contribution in [0.1, 0.15) is 30.9 Å². The summed E-state index contributed by atoms with van der Waals surface area (Å²) in [6, 6.07) is 20.1. The van der Waals surface area contributed by atoms with Crippen LogP contribution in [0.15, 0.2) is 78.9 Å². The number of carbonyl (C=O) groups is 2. The first kappa shape index (κ1) is 26.5. The van der Waals surface area contributed by atoms with E-state index in [1.54, 1.807) is 18.0 Å². The van der Waals surface area contributed by atoms with Crippen LogP contribution in [0, 0.1) is 5.92 Å². The Labute approximate surface area is 216 Å². The molecule has 3 aromatic rings. The minimum atomic E-state index is -1.01. The largest absolute Gasteiger partial charge is 0.478 e. The van der Waals surface area contributed by atoms with Crippen molar-refractivity contribution in [2.75, 3.05) is 7.05 Å². The van der Waals surface area contributed by atoms with Gasteiger partial charge in [0.1, 0.15) is 0 Å². The molecule has 6 heteroatoms. The van der Waals surface area contributed by atoms with Crippen molar-refractivity contribution in [3.05, 3.63) is 100 Å². The molecule has 0 aliphatic rings. The van der Waals surface area contributed by atoms with E-state index in [-0.39, 0.29) is 24.3 Å². The van der Waals surface area contributed by atoms with Gasteiger partial charge in [-0.2, -0.15) is 0 Å². The molecular formula is C29H29Cl2NO3. The first-order valence-electron chi connectivity index (χ1n) is 11.5. The van der Waals surface area contributed by atoms with Crippen LogP contribution in [0.25, 0.3) is 16.8 Å². The molecule has 0 unspecified atom stereocenters. The maximum absolute atomic E-state index is 12.8. The lowest BCUT2D eigenvalue weighted by atomic mass is 9.90. The summed E-state index contributed by atoms with van der Waals surface area (Å²) >= 11 is 12.3. The normalized spacial score (nSPS) is 13.4. The molecule has 1 N–H and O–H groups in total. The number of carbonyl (C=O) groups excluding carboxylic acids is 1. The van der Waals surface area contributed by atoms with Gasteiger partial charge in [-0.1, -0.05) is 83.9 Å². The van der Waals surface area contributed by atoms with Crippen LogP contribution in [0.5, 0.6) is 0 Å². The van der Waals surface area contributed by atoms with Crippen LogP contribution in [-0.4, -0.2) is 35.0 Å². The Morgan fingerprint density at radius 1 is 1.00 bits per heavy atom. The fraction of sp³-hybridized carbons (Fsp3) is 0.241. The van der Waals surface area contributed by atoms with E-state index in [4.69, 9.17) is 28.3 Å². The average molecular weight is 510 g/mol. The maximum atomic E-state index is 12.8. The number of carboxylic acids is 1. The van der Waals surface area contributed by atoms with Gasteiger partial charge in [-0.15, -0.1) is 0 Å². The van der Waals surface area contributed by atoms with E-state index in [9.17, 15) is 9.59 Å². The summed E-state index contributed by atoms with van der Waals surface area (Å²) in [6.07, 6.45) is 8.12. The maximum Gasteiger partial charge on any atom is 0.327 e. The van der Waals surface area contributed by atoms with Crippen LogP contribution < -0.4 is 0 Å². The lowest BCUT2D eigenvalue weighted by Crippen LogP contribution is -2.40. The number of hydrogen-bond acceptors (Lipinski definition) is 2. The van der Waals surface area contributed by atoms with Gasteiger partial charge in [0, 0.05) is 31.5 Å². The Morgan fingerprint density at radius 3 is 2.46 bits per heavy atom. The highest BCUT2D eigenvalue weighted by Crippen LogP contribution is 2.27. The molecule has 182 valence electrons. The number of halogens is 2. The highest BCUT2D eigenvalue weighted by atomic mass is 35.5. The second-order valence-corrected chi connectivity index (χ2v) is 9.42. The standard InChI is InChI=1S/C29H29Cl2NO3/c1-20(32(2)28(33)9-5-6-10-29(34)35)24(18-22-13-16-26(30)27(31)19-22)15-12-21-11-14-23-7-3-4-8-25(23)17-21/h3-4,6-8,10-17,19-20,24H,5,9,18H2,1-2H3,(H,34,35)/t20-,24+/m0/s1. The highest BCUT2D eigenvalue weighted by Gasteiger charge is 2.23. The molecule has 4 nitrogen and oxygen atoms in total. The number of hydrogen-bond donors (Lipinski definition) is 1. The van der Waals surface area contributed by atoms with E-state index in [0.29, 0.717) is 22.9 Å². The summed E-state index contributed by atoms with van der Waals surface area (Å²) in [5, 5.41) is 12.1. The number of allylic oxidation sites excluding steroid dienone is 1. The van der Waals surface area contributed by atoms with Crippen LogP contribution >= 0.6 is 23.2 Å². The molecule has 0 spiro atoms. The summed E-state index contributed by atoms with van der Waals surface area (Å²) < 4.78 is 0. The van der Waals surface area contributed by atoms with Gasteiger partial charge < -0.3 is 10.0 Å². The summed E-state index contributed by atoms with van der Waals surface area (Å²) in [5.41, 5.74) is 2.12. The van der Waals surface area contributed by atoms with Crippen molar-refractivity contribution in [2.45, 2.75) is 32.2 Å². The molecule has 0 bridgehead atoms. The van der Waals surface area contributed by atoms with Gasteiger partial charge in [0.2, 0.25) is 5.91 Å². The number of aliphatic carboxylic acids is 1. The van der Waals surface area contributed by atoms with Crippen molar-refractivity contribution in [3.63, 3.8) is 0 Å². The topological polar surface area (TPSA) is 57.6 Å². The lowest BCUT2D eigenvalue weighted by molar-refractivity contribution is -0.133. The first-order chi connectivity index (χ1) is 16.7. The number of rotatable bonds is 10. The molecule has 0 heterocycles. The Morgan fingerprint density at radius 2 is 1.74 bits per heavy atom. The average Bonchev–Trinajstić information content (AvgIpc) is 2.85. The molecule has 2 atom stereocenters. The molecule has 0 aromatic heterocycles. The Bertz CT molecular complexity index is 1250. The molecule has 0 aliphatic heterocycles. The lowest BCUT2D eigenvalue weighted by Gasteiger charge is -2.31. The quantitative estimate of drug-likeness (QED) is 0.292. The van der Waals surface area contributed by atoms with Crippen molar-refractivity contribution in [3.8, 4) is 0 Å². The van der Waals surface area contributed by atoms with Crippen molar-refractivity contribution in [1.82, 2.24) is 4.90 Å². The van der Waals surface area contributed by atoms with Crippen LogP contribution in [0.4, 0.5) is 0 Å². The molecule has 1 amide bonds. The Hall–Kier alpha value is -3.08. The SMILES string of the molecule is C[C@@H]([C@H](C=Cc1ccc2ccccc2c1)Cc1ccc(Cl)c(Cl)c1)N(C)C(=O)CCC=CC(=O)O. The van der Waals surface area contributed by atoms with Crippen molar-refractivity contribution in [2.24, 2.45) is 5.92 Å². The van der Waals surface area contributed by atoms with Gasteiger partial charge in [0.25, 0.3) is 0 Å². The van der Waals surface area contributed by atoms with Gasteiger partial charge in [0.15, 0.2) is 0 Å². The number of carboxylic acid groups (broad SMARTS) is 1. The number of nitrogens with zero attached hydrogens (tertiary/aromatic N) is 1. The first-order valence-corrected chi connectivity index (χ1v) is 12.3. The molecule has 3 aromatic carbocycles. The summed E-state index contributed by atoms with van der Waals surface area (Å²) in [6.45, 7) is 2.03. The molecule has 35 heavy (non-hydrogen) atoms. The fourth-order valence-corrected chi connectivity index (χ4v) is 4.29. The number of amides is 1. The van der Waals surface area contributed by atoms with Gasteiger partial charge in [-0.3, -0.25) is 4.79 Å². The van der Waals surface area contributed by atoms with E-state index in [2.05, 4.69) is 42.5 Å². The van der Waals surface area contributed by atoms with E-state index < -0.39 is 5.97 Å². The van der Waals surface area contributed by atoms with E-state index in [1.807, 2.05) is 31.2 Å². The molecular weight excluding hydrogens is 481 g/mol. The monoisotopic (exact) mass is 509 g/mol. The molecule has 0 saturated heterocycles. The minimum Gasteiger partial charge on any atom is -0.478 e. The third-order valence-electron chi connectivity index (χ3n) is 6.17. The summed E-state index contributed by atoms with van der Waals surface area (Å²) in [4.78, 5) is 25.2. The second-order valence-electron chi connectivity index (χ2n) is 8.61. The smallest absolute Gasteiger partial charge is 0.327 e. The summed E-state index contributed by atoms with van der Waals surface area (Å²) in [7, 11) is 1.79. The molecule has 0 saturated carbocycles. The Balaban J connectivity index is 1.81. The number of fused-ring (bicyclic) bond motifs is 1. The van der Waals surface area contributed by atoms with E-state index >= 15 is 0 Å². The molecule has 0 fully saturated rings. The molecule has 0 aliphatic carbocycles. The van der Waals surface area contributed by atoms with Gasteiger partial charge >= 0.3 is 5.97 Å². The third kappa shape index (κ3) is 7.71. The van der Waals surface area contributed by atoms with E-state index in [0.717, 1.165) is 17.2 Å². The van der Waals surface area contributed by atoms with Gasteiger partial charge in [-0.05, 0) is 59.9 Å². The van der Waals surface area contributed by atoms with Gasteiger partial charge in [-0.25, -0.2) is 4.79 Å². The summed E-state index contributed by atoms with van der Waals surface area (Å²) in [5.74, 6) is -1.03. The highest BCUT2D eigenvalue weighted by molar-refractivity contribution is 6.42. The predicted octanol–water partition coefficient (Wildman–Crippen LogP) is 7.29. The molecule has 0 radical (unpaired) electrons. The van der Waals surface area contributed by atoms with Crippen molar-refractivity contribution in [1.29, 1.82) is 0 Å².